The zero-order valence-electron chi connectivity index (χ0n) is 39.3. The summed E-state index contributed by atoms with van der Waals surface area (Å²) < 4.78 is 26.9. The molecular weight excluding hydrogens is 881 g/mol. The molecule has 4 aromatic rings. The summed E-state index contributed by atoms with van der Waals surface area (Å²) in [6.07, 6.45) is 8.16. The minimum Gasteiger partial charge on any atom is -0.459 e. The van der Waals surface area contributed by atoms with Gasteiger partial charge >= 0.3 is 0 Å². The van der Waals surface area contributed by atoms with Crippen LogP contribution >= 0.6 is 0 Å². The molecule has 0 bridgehead atoms. The number of rotatable bonds is 24. The molecule has 7 rings (SSSR count). The van der Waals surface area contributed by atoms with E-state index < -0.39 is 22.7 Å². The number of aliphatic hydroxyl groups excluding tert-OH is 3. The van der Waals surface area contributed by atoms with Gasteiger partial charge < -0.3 is 44.0 Å². The fourth-order valence-corrected chi connectivity index (χ4v) is 10.1. The van der Waals surface area contributed by atoms with Crippen molar-refractivity contribution >= 4 is 17.3 Å². The monoisotopic (exact) mass is 942 g/mol. The van der Waals surface area contributed by atoms with Crippen LogP contribution in [0.5, 0.6) is 17.2 Å². The van der Waals surface area contributed by atoms with Crippen molar-refractivity contribution in [1.29, 1.82) is 5.26 Å². The van der Waals surface area contributed by atoms with Crippen LogP contribution in [0.1, 0.15) is 89.0 Å². The number of oxime groups is 1. The van der Waals surface area contributed by atoms with Gasteiger partial charge in [-0.25, -0.2) is 0 Å². The lowest BCUT2D eigenvalue weighted by Gasteiger charge is -2.60. The Bertz CT molecular complexity index is 2520. The molecule has 0 saturated heterocycles. The summed E-state index contributed by atoms with van der Waals surface area (Å²) in [4.78, 5) is 34.0. The highest BCUT2D eigenvalue weighted by Gasteiger charge is 2.65. The molecule has 3 N–H and O–H groups in total. The highest BCUT2D eigenvalue weighted by atomic mass is 16.7. The number of aliphatic hydroxyl groups is 3. The van der Waals surface area contributed by atoms with Crippen LogP contribution in [0.4, 0.5) is 5.69 Å². The fraction of sp³-hybridized carbons (Fsp3) is 0.426. The van der Waals surface area contributed by atoms with Gasteiger partial charge in [-0.15, -0.1) is 6.58 Å². The minimum absolute atomic E-state index is 0.00321. The van der Waals surface area contributed by atoms with E-state index in [2.05, 4.69) is 25.6 Å². The second kappa shape index (κ2) is 23.7. The molecule has 15 heteroatoms. The molecule has 1 saturated carbocycles. The smallest absolute Gasteiger partial charge is 0.269 e. The third-order valence-corrected chi connectivity index (χ3v) is 13.5. The van der Waals surface area contributed by atoms with E-state index in [1.165, 1.54) is 12.1 Å². The van der Waals surface area contributed by atoms with Crippen LogP contribution < -0.4 is 9.47 Å². The normalized spacial score (nSPS) is 21.8. The van der Waals surface area contributed by atoms with Gasteiger partial charge in [0.2, 0.25) is 5.79 Å². The van der Waals surface area contributed by atoms with Crippen molar-refractivity contribution in [1.82, 2.24) is 4.90 Å². The zero-order chi connectivity index (χ0) is 48.9. The molecule has 1 fully saturated rings. The second-order valence-electron chi connectivity index (χ2n) is 17.8. The number of unbranched alkanes of at least 4 members (excludes halogenated alkanes) is 2. The van der Waals surface area contributed by atoms with Gasteiger partial charge in [-0.3, -0.25) is 14.9 Å². The molecule has 69 heavy (non-hydrogen) atoms. The van der Waals surface area contributed by atoms with Gasteiger partial charge in [-0.2, -0.15) is 5.26 Å². The van der Waals surface area contributed by atoms with Gasteiger partial charge in [-0.05, 0) is 140 Å². The second-order valence-corrected chi connectivity index (χ2v) is 17.8. The molecule has 15 nitrogen and oxygen atoms in total. The van der Waals surface area contributed by atoms with E-state index in [0.29, 0.717) is 52.5 Å². The third-order valence-electron chi connectivity index (χ3n) is 13.5. The Morgan fingerprint density at radius 1 is 0.942 bits per heavy atom. The van der Waals surface area contributed by atoms with Crippen molar-refractivity contribution in [2.75, 3.05) is 46.2 Å². The number of ether oxygens (including phenoxy) is 4. The molecule has 2 aliphatic carbocycles. The molecule has 6 atom stereocenters. The van der Waals surface area contributed by atoms with Gasteiger partial charge in [0.05, 0.1) is 54.6 Å². The van der Waals surface area contributed by atoms with Crippen LogP contribution in [-0.4, -0.2) is 94.8 Å². The number of fused-ring (bicyclic) bond motifs is 2. The van der Waals surface area contributed by atoms with Crippen molar-refractivity contribution in [3.8, 4) is 23.3 Å². The van der Waals surface area contributed by atoms with Crippen LogP contribution in [0.15, 0.2) is 114 Å². The number of nitro groups is 1. The quantitative estimate of drug-likeness (QED) is 0.0261. The molecule has 3 aliphatic rings. The van der Waals surface area contributed by atoms with Crippen LogP contribution in [0.3, 0.4) is 0 Å². The van der Waals surface area contributed by atoms with Gasteiger partial charge in [0.25, 0.3) is 11.6 Å². The first-order valence-corrected chi connectivity index (χ1v) is 23.7. The number of nitrogens with zero attached hydrogens (tertiary/aromatic N) is 4. The average molecular weight is 943 g/mol. The summed E-state index contributed by atoms with van der Waals surface area (Å²) in [6.45, 7) is 8.20. The third kappa shape index (κ3) is 11.6. The Labute approximate surface area is 403 Å². The number of hydrogen-bond donors (Lipinski definition) is 3. The lowest BCUT2D eigenvalue weighted by Crippen LogP contribution is -2.70. The van der Waals surface area contributed by atoms with E-state index in [0.717, 1.165) is 47.9 Å². The number of allylic oxidation sites excluding steroid dienone is 1. The van der Waals surface area contributed by atoms with Crippen molar-refractivity contribution in [2.45, 2.75) is 83.1 Å². The average Bonchev–Trinajstić information content (AvgIpc) is 3.36. The van der Waals surface area contributed by atoms with Gasteiger partial charge in [0, 0.05) is 55.4 Å². The van der Waals surface area contributed by atoms with Crippen molar-refractivity contribution in [3.63, 3.8) is 0 Å². The first-order valence-electron chi connectivity index (χ1n) is 23.7. The first kappa shape index (κ1) is 50.5. The van der Waals surface area contributed by atoms with Crippen LogP contribution in [-0.2, 0) is 20.9 Å². The van der Waals surface area contributed by atoms with E-state index in [1.54, 1.807) is 47.4 Å². The Kier molecular flexibility index (Phi) is 17.4. The highest BCUT2D eigenvalue weighted by Crippen LogP contribution is 2.62. The Morgan fingerprint density at radius 3 is 2.35 bits per heavy atom. The zero-order valence-corrected chi connectivity index (χ0v) is 39.3. The molecule has 1 amide bonds. The SMILES string of the molecule is C=CCO[C@@]12Oc3ccc(Oc4ccc(C)c(C)c4)cc3[C@H]3[C@H](CCCCO)[C@@H](CCCCO)C=C(C(=NOCc4ccc([N+](=O)[O-])cc4)C[C@@H]1N(CCOCCO)C(=O)c1ccc(C#N)cc1)[C@H]32. The maximum Gasteiger partial charge on any atom is 0.269 e. The number of carbonyl (C=O) groups excluding carboxylic acids is 1. The van der Waals surface area contributed by atoms with Gasteiger partial charge in [-0.1, -0.05) is 36.2 Å². The number of nitro benzene ring substituents is 1. The summed E-state index contributed by atoms with van der Waals surface area (Å²) >= 11 is 0. The maximum absolute atomic E-state index is 15.2. The molecule has 1 heterocycles. The number of nitriles is 1. The van der Waals surface area contributed by atoms with E-state index in [4.69, 9.17) is 28.9 Å². The lowest BCUT2D eigenvalue weighted by atomic mass is 9.55. The minimum atomic E-state index is -1.57. The number of amides is 1. The summed E-state index contributed by atoms with van der Waals surface area (Å²) in [7, 11) is 0. The summed E-state index contributed by atoms with van der Waals surface area (Å²) in [6, 6.07) is 25.5. The van der Waals surface area contributed by atoms with Crippen molar-refractivity contribution < 1.29 is 48.8 Å². The molecule has 0 aromatic heterocycles. The Balaban J connectivity index is 1.45. The van der Waals surface area contributed by atoms with Gasteiger partial charge in [0.1, 0.15) is 29.9 Å². The number of hydrogen-bond acceptors (Lipinski definition) is 13. The predicted octanol–water partition coefficient (Wildman–Crippen LogP) is 8.86. The van der Waals surface area contributed by atoms with E-state index in [9.17, 15) is 30.7 Å². The van der Waals surface area contributed by atoms with E-state index >= 15 is 4.79 Å². The number of benzene rings is 4. The largest absolute Gasteiger partial charge is 0.459 e. The molecule has 0 unspecified atom stereocenters. The summed E-state index contributed by atoms with van der Waals surface area (Å²) in [5.74, 6) is -1.14. The number of aryl methyl sites for hydroxylation is 2. The predicted molar refractivity (Wildman–Crippen MR) is 259 cm³/mol. The van der Waals surface area contributed by atoms with Crippen LogP contribution in [0.2, 0.25) is 0 Å². The first-order chi connectivity index (χ1) is 33.5. The topological polar surface area (TPSA) is 206 Å². The standard InChI is InChI=1S/C54H62N4O11/c1-4-27-66-54-50(57(23-28-65-29-26-61)53(62)40-16-12-38(34-55)13-17-40)33-48(56-67-35-39-14-18-42(19-15-39)58(63)64)46-31-41(9-5-7-24-59)45(10-6-8-25-60)51(52(46)54)47-32-44(21-22-49(47)69-54)68-43-20-11-36(2)37(3)30-43/h4,11-22,30-32,41,45,50-52,59-61H,1,5-10,23-29,33,35H2,2-3H3/t41-,45+,50-,51+,52+,54+/m0/s1. The Morgan fingerprint density at radius 2 is 1.67 bits per heavy atom. The maximum atomic E-state index is 15.2. The molecule has 1 aliphatic heterocycles. The molecule has 0 spiro atoms. The number of non-ortho nitro benzene ring substituents is 1. The fourth-order valence-electron chi connectivity index (χ4n) is 10.1. The van der Waals surface area contributed by atoms with E-state index in [1.807, 2.05) is 43.3 Å². The van der Waals surface area contributed by atoms with Gasteiger partial charge in [0.15, 0.2) is 0 Å². The molecule has 4 aromatic carbocycles. The molecule has 0 radical (unpaired) electrons. The Hall–Kier alpha value is -6.41. The summed E-state index contributed by atoms with van der Waals surface area (Å²) in [5, 5.41) is 55.6. The molecular formula is C54H62N4O11. The molecule has 364 valence electrons. The van der Waals surface area contributed by atoms with Crippen molar-refractivity contribution in [3.05, 3.63) is 153 Å². The highest BCUT2D eigenvalue weighted by molar-refractivity contribution is 6.03. The van der Waals surface area contributed by atoms with Crippen LogP contribution in [0.25, 0.3) is 0 Å². The van der Waals surface area contributed by atoms with Crippen LogP contribution in [0, 0.1) is 53.0 Å². The van der Waals surface area contributed by atoms with E-state index in [-0.39, 0.29) is 88.6 Å². The lowest BCUT2D eigenvalue weighted by molar-refractivity contribution is -0.384. The summed E-state index contributed by atoms with van der Waals surface area (Å²) in [5.41, 5.74) is 5.81. The van der Waals surface area contributed by atoms with Crippen molar-refractivity contribution in [2.24, 2.45) is 22.9 Å². The number of carbonyl (C=O) groups is 1.